The van der Waals surface area contributed by atoms with Crippen LogP contribution < -0.4 is 11.3 Å². The summed E-state index contributed by atoms with van der Waals surface area (Å²) >= 11 is 7.68. The summed E-state index contributed by atoms with van der Waals surface area (Å²) in [5.74, 6) is 6.45. The molecule has 0 bridgehead atoms. The van der Waals surface area contributed by atoms with Crippen LogP contribution in [-0.4, -0.2) is 25.5 Å². The first-order chi connectivity index (χ1) is 8.26. The van der Waals surface area contributed by atoms with Gasteiger partial charge in [-0.15, -0.1) is 11.8 Å². The number of nitrogens with two attached hydrogens (primary N) is 1. The van der Waals surface area contributed by atoms with Crippen molar-refractivity contribution in [3.63, 3.8) is 0 Å². The van der Waals surface area contributed by atoms with Crippen molar-refractivity contribution in [1.29, 1.82) is 0 Å². The van der Waals surface area contributed by atoms with Crippen molar-refractivity contribution >= 4 is 23.4 Å². The lowest BCUT2D eigenvalue weighted by Gasteiger charge is -2.15. The Bertz CT molecular complexity index is 325. The zero-order chi connectivity index (χ0) is 12.5. The average Bonchev–Trinajstić information content (AvgIpc) is 2.34. The van der Waals surface area contributed by atoms with Gasteiger partial charge in [-0.25, -0.2) is 0 Å². The molecule has 0 aliphatic heterocycles. The smallest absolute Gasteiger partial charge is 0.0462 e. The van der Waals surface area contributed by atoms with Gasteiger partial charge in [-0.1, -0.05) is 17.7 Å². The van der Waals surface area contributed by atoms with Crippen LogP contribution in [0, 0.1) is 0 Å². The van der Waals surface area contributed by atoms with Gasteiger partial charge in [0.2, 0.25) is 0 Å². The van der Waals surface area contributed by atoms with Crippen molar-refractivity contribution in [3.8, 4) is 0 Å². The fraction of sp³-hybridized carbons (Fsp3) is 0.500. The summed E-state index contributed by atoms with van der Waals surface area (Å²) in [5.41, 5.74) is 2.84. The van der Waals surface area contributed by atoms with Crippen LogP contribution in [0.1, 0.15) is 12.8 Å². The number of ether oxygens (including phenoxy) is 1. The molecule has 0 saturated heterocycles. The number of thioether (sulfide) groups is 1. The standard InChI is InChI=1S/C12H19ClN2OS/c1-16-7-3-5-11(15-14)9-17-12-6-2-4-10(13)8-12/h2,4,6,8,11,15H,3,5,7,9,14H2,1H3. The summed E-state index contributed by atoms with van der Waals surface area (Å²) in [7, 11) is 1.71. The number of benzene rings is 1. The summed E-state index contributed by atoms with van der Waals surface area (Å²) in [5, 5.41) is 0.770. The first-order valence-corrected chi connectivity index (χ1v) is 6.96. The maximum atomic E-state index is 5.93. The van der Waals surface area contributed by atoms with Gasteiger partial charge in [-0.05, 0) is 31.0 Å². The second kappa shape index (κ2) is 8.78. The van der Waals surface area contributed by atoms with Crippen LogP contribution in [0.25, 0.3) is 0 Å². The molecule has 0 saturated carbocycles. The van der Waals surface area contributed by atoms with E-state index in [0.717, 1.165) is 30.2 Å². The fourth-order valence-corrected chi connectivity index (χ4v) is 2.74. The molecule has 3 N–H and O–H groups in total. The van der Waals surface area contributed by atoms with Gasteiger partial charge >= 0.3 is 0 Å². The number of rotatable bonds is 8. The molecular weight excluding hydrogens is 256 g/mol. The largest absolute Gasteiger partial charge is 0.385 e. The van der Waals surface area contributed by atoms with E-state index in [-0.39, 0.29) is 0 Å². The Kier molecular flexibility index (Phi) is 7.64. The molecule has 3 nitrogen and oxygen atoms in total. The first kappa shape index (κ1) is 14.8. The Hall–Kier alpha value is -0.260. The van der Waals surface area contributed by atoms with Crippen LogP contribution in [0.15, 0.2) is 29.2 Å². The Balaban J connectivity index is 2.31. The van der Waals surface area contributed by atoms with Crippen LogP contribution in [-0.2, 0) is 4.74 Å². The monoisotopic (exact) mass is 274 g/mol. The quantitative estimate of drug-likeness (QED) is 0.331. The van der Waals surface area contributed by atoms with E-state index in [4.69, 9.17) is 22.2 Å². The molecule has 1 aromatic carbocycles. The highest BCUT2D eigenvalue weighted by Crippen LogP contribution is 2.22. The summed E-state index contributed by atoms with van der Waals surface area (Å²) < 4.78 is 5.02. The highest BCUT2D eigenvalue weighted by Gasteiger charge is 2.07. The zero-order valence-electron chi connectivity index (χ0n) is 9.99. The van der Waals surface area contributed by atoms with Gasteiger partial charge in [0.05, 0.1) is 0 Å². The van der Waals surface area contributed by atoms with Gasteiger partial charge < -0.3 is 4.74 Å². The molecule has 0 spiro atoms. The second-order valence-electron chi connectivity index (χ2n) is 3.77. The minimum absolute atomic E-state index is 0.300. The van der Waals surface area contributed by atoms with E-state index >= 15 is 0 Å². The maximum absolute atomic E-state index is 5.93. The van der Waals surface area contributed by atoms with Gasteiger partial charge in [0, 0.05) is 35.4 Å². The maximum Gasteiger partial charge on any atom is 0.0462 e. The lowest BCUT2D eigenvalue weighted by Crippen LogP contribution is -2.37. The minimum Gasteiger partial charge on any atom is -0.385 e. The van der Waals surface area contributed by atoms with E-state index in [9.17, 15) is 0 Å². The first-order valence-electron chi connectivity index (χ1n) is 5.59. The van der Waals surface area contributed by atoms with Crippen LogP contribution >= 0.6 is 23.4 Å². The van der Waals surface area contributed by atoms with E-state index in [1.165, 1.54) is 4.90 Å². The summed E-state index contributed by atoms with van der Waals surface area (Å²) in [6.07, 6.45) is 2.03. The highest BCUT2D eigenvalue weighted by atomic mass is 35.5. The van der Waals surface area contributed by atoms with Crippen molar-refractivity contribution in [2.75, 3.05) is 19.5 Å². The number of methoxy groups -OCH3 is 1. The van der Waals surface area contributed by atoms with E-state index in [2.05, 4.69) is 11.5 Å². The summed E-state index contributed by atoms with van der Waals surface area (Å²) in [6, 6.07) is 8.16. The van der Waals surface area contributed by atoms with Gasteiger partial charge in [0.25, 0.3) is 0 Å². The molecular formula is C12H19ClN2OS. The Morgan fingerprint density at radius 2 is 2.35 bits per heavy atom. The molecule has 0 aliphatic rings. The molecule has 0 fully saturated rings. The Morgan fingerprint density at radius 1 is 1.53 bits per heavy atom. The van der Waals surface area contributed by atoms with Crippen LogP contribution in [0.5, 0.6) is 0 Å². The number of hydrazine groups is 1. The number of halogens is 1. The number of hydrogen-bond acceptors (Lipinski definition) is 4. The van der Waals surface area contributed by atoms with Crippen LogP contribution in [0.3, 0.4) is 0 Å². The molecule has 1 rings (SSSR count). The average molecular weight is 275 g/mol. The van der Waals surface area contributed by atoms with Crippen molar-refractivity contribution in [1.82, 2.24) is 5.43 Å². The molecule has 0 aliphatic carbocycles. The second-order valence-corrected chi connectivity index (χ2v) is 5.30. The molecule has 96 valence electrons. The van der Waals surface area contributed by atoms with Crippen LogP contribution in [0.4, 0.5) is 0 Å². The molecule has 0 radical (unpaired) electrons. The lowest BCUT2D eigenvalue weighted by atomic mass is 10.2. The SMILES string of the molecule is COCCCC(CSc1cccc(Cl)c1)NN. The molecule has 5 heteroatoms. The fourth-order valence-electron chi connectivity index (χ4n) is 1.44. The van der Waals surface area contributed by atoms with Crippen LogP contribution in [0.2, 0.25) is 5.02 Å². The predicted molar refractivity (Wildman–Crippen MR) is 74.4 cm³/mol. The summed E-state index contributed by atoms with van der Waals surface area (Å²) in [6.45, 7) is 0.778. The van der Waals surface area contributed by atoms with E-state index in [0.29, 0.717) is 6.04 Å². The molecule has 17 heavy (non-hydrogen) atoms. The highest BCUT2D eigenvalue weighted by molar-refractivity contribution is 7.99. The predicted octanol–water partition coefficient (Wildman–Crippen LogP) is 2.69. The van der Waals surface area contributed by atoms with Gasteiger partial charge in [-0.2, -0.15) is 0 Å². The van der Waals surface area contributed by atoms with E-state index in [1.807, 2.05) is 18.2 Å². The molecule has 1 atom stereocenters. The third-order valence-electron chi connectivity index (χ3n) is 2.38. The van der Waals surface area contributed by atoms with Gasteiger partial charge in [0.1, 0.15) is 0 Å². The number of hydrogen-bond donors (Lipinski definition) is 2. The topological polar surface area (TPSA) is 47.3 Å². The van der Waals surface area contributed by atoms with E-state index < -0.39 is 0 Å². The third kappa shape index (κ3) is 6.29. The van der Waals surface area contributed by atoms with Crippen molar-refractivity contribution < 1.29 is 4.74 Å². The lowest BCUT2D eigenvalue weighted by molar-refractivity contribution is 0.189. The molecule has 0 heterocycles. The van der Waals surface area contributed by atoms with Crippen molar-refractivity contribution in [2.24, 2.45) is 5.84 Å². The molecule has 1 unspecified atom stereocenters. The van der Waals surface area contributed by atoms with E-state index in [1.54, 1.807) is 18.9 Å². The number of nitrogens with one attached hydrogen (secondary N) is 1. The normalized spacial score (nSPS) is 12.6. The van der Waals surface area contributed by atoms with Gasteiger partial charge in [-0.3, -0.25) is 11.3 Å². The van der Waals surface area contributed by atoms with Gasteiger partial charge in [0.15, 0.2) is 0 Å². The summed E-state index contributed by atoms with van der Waals surface area (Å²) in [4.78, 5) is 1.17. The molecule has 0 amide bonds. The van der Waals surface area contributed by atoms with Crippen molar-refractivity contribution in [3.05, 3.63) is 29.3 Å². The zero-order valence-corrected chi connectivity index (χ0v) is 11.6. The Morgan fingerprint density at radius 3 is 3.00 bits per heavy atom. The third-order valence-corrected chi connectivity index (χ3v) is 3.78. The molecule has 0 aromatic heterocycles. The molecule has 1 aromatic rings. The van der Waals surface area contributed by atoms with Crippen molar-refractivity contribution in [2.45, 2.75) is 23.8 Å². The Labute approximate surface area is 112 Å². The minimum atomic E-state index is 0.300.